The summed E-state index contributed by atoms with van der Waals surface area (Å²) in [6.45, 7) is 12.1. The van der Waals surface area contributed by atoms with Gasteiger partial charge in [0.05, 0.1) is 0 Å². The molecule has 0 fully saturated rings. The van der Waals surface area contributed by atoms with Crippen molar-refractivity contribution in [2.24, 2.45) is 0 Å². The number of nitrogens with zero attached hydrogens (tertiary/aromatic N) is 1. The molecule has 3 aliphatic rings. The van der Waals surface area contributed by atoms with Gasteiger partial charge in [-0.15, -0.1) is 0 Å². The van der Waals surface area contributed by atoms with Gasteiger partial charge in [0.15, 0.2) is 0 Å². The number of hydrogen-bond donors (Lipinski definition) is 0. The molecule has 3 heteroatoms. The average molecular weight is 499 g/mol. The van der Waals surface area contributed by atoms with Crippen LogP contribution in [0.4, 0.5) is 17.1 Å². The molecule has 0 unspecified atom stereocenters. The van der Waals surface area contributed by atoms with Crippen molar-refractivity contribution in [2.45, 2.75) is 40.0 Å². The van der Waals surface area contributed by atoms with Crippen LogP contribution in [0.15, 0.2) is 97.1 Å². The summed E-state index contributed by atoms with van der Waals surface area (Å²) in [4.78, 5) is 2.52. The summed E-state index contributed by atoms with van der Waals surface area (Å²) in [6, 6.07) is 36.8. The highest BCUT2D eigenvalue weighted by molar-refractivity contribution is 7.13. The molecule has 0 saturated carbocycles. The van der Waals surface area contributed by atoms with Crippen molar-refractivity contribution in [1.82, 2.24) is 0 Å². The third-order valence-electron chi connectivity index (χ3n) is 9.70. The highest BCUT2D eigenvalue weighted by atomic mass is 15.1. The topological polar surface area (TPSA) is 3.24 Å². The zero-order valence-corrected chi connectivity index (χ0v) is 23.3. The summed E-state index contributed by atoms with van der Waals surface area (Å²) in [5.74, 6) is 0. The van der Waals surface area contributed by atoms with Crippen LogP contribution in [0.5, 0.6) is 0 Å². The van der Waals surface area contributed by atoms with Crippen LogP contribution in [0.1, 0.15) is 41.7 Å². The smallest absolute Gasteiger partial charge is 0.246 e. The molecule has 0 spiro atoms. The van der Waals surface area contributed by atoms with Crippen molar-refractivity contribution >= 4 is 63.3 Å². The Hall–Kier alpha value is -3.97. The van der Waals surface area contributed by atoms with Gasteiger partial charge in [-0.2, -0.15) is 0 Å². The van der Waals surface area contributed by atoms with Crippen LogP contribution in [-0.4, -0.2) is 13.4 Å². The zero-order valence-electron chi connectivity index (χ0n) is 23.3. The second kappa shape index (κ2) is 7.79. The Kier molecular flexibility index (Phi) is 4.59. The fourth-order valence-electron chi connectivity index (χ4n) is 8.32. The van der Waals surface area contributed by atoms with Crippen LogP contribution < -0.4 is 37.7 Å². The fourth-order valence-corrected chi connectivity index (χ4v) is 8.32. The molecular formula is C36H31B2N. The Labute approximate surface area is 232 Å². The minimum Gasteiger partial charge on any atom is -0.312 e. The number of benzene rings is 5. The van der Waals surface area contributed by atoms with Crippen molar-refractivity contribution in [3.63, 3.8) is 0 Å². The van der Waals surface area contributed by atoms with Gasteiger partial charge in [-0.05, 0) is 67.1 Å². The van der Waals surface area contributed by atoms with E-state index >= 15 is 0 Å². The molecule has 3 heterocycles. The molecule has 0 aliphatic carbocycles. The molecule has 0 N–H and O–H groups in total. The highest BCUT2D eigenvalue weighted by Crippen LogP contribution is 2.42. The number of anilines is 3. The van der Waals surface area contributed by atoms with Crippen molar-refractivity contribution < 1.29 is 0 Å². The zero-order chi connectivity index (χ0) is 26.6. The maximum Gasteiger partial charge on any atom is 0.246 e. The summed E-state index contributed by atoms with van der Waals surface area (Å²) < 4.78 is 0. The van der Waals surface area contributed by atoms with E-state index in [0.717, 1.165) is 0 Å². The molecule has 0 amide bonds. The monoisotopic (exact) mass is 499 g/mol. The van der Waals surface area contributed by atoms with E-state index in [4.69, 9.17) is 0 Å². The van der Waals surface area contributed by atoms with Crippen molar-refractivity contribution in [3.8, 4) is 0 Å². The van der Waals surface area contributed by atoms with E-state index < -0.39 is 0 Å². The molecule has 0 bridgehead atoms. The van der Waals surface area contributed by atoms with Crippen molar-refractivity contribution in [2.75, 3.05) is 4.90 Å². The van der Waals surface area contributed by atoms with Crippen LogP contribution in [0.25, 0.3) is 0 Å². The standard InChI is InChI=1S/C36H31B2N/c1-22-20-23(2)32(24(3)21-22)37-28-16-9-14-26-33(28)38-34-27(36(26,4)5)15-10-18-30(34)39(25-12-7-6-8-13-25)31-19-11-17-29(37)35(31)38/h6-21H,1-5H3. The van der Waals surface area contributed by atoms with Crippen LogP contribution >= 0.6 is 0 Å². The van der Waals surface area contributed by atoms with Crippen LogP contribution in [0.2, 0.25) is 0 Å². The Morgan fingerprint density at radius 3 is 1.79 bits per heavy atom. The number of rotatable bonds is 2. The molecule has 1 nitrogen and oxygen atoms in total. The maximum absolute atomic E-state index is 2.52. The van der Waals surface area contributed by atoms with E-state index in [2.05, 4.69) is 137 Å². The van der Waals surface area contributed by atoms with E-state index in [1.807, 2.05) is 0 Å². The lowest BCUT2D eigenvalue weighted by atomic mass is 9.17. The van der Waals surface area contributed by atoms with E-state index in [1.165, 1.54) is 72.2 Å². The van der Waals surface area contributed by atoms with Crippen LogP contribution in [-0.2, 0) is 5.41 Å². The first-order valence-corrected chi connectivity index (χ1v) is 14.2. The molecule has 5 aromatic rings. The second-order valence-electron chi connectivity index (χ2n) is 12.3. The summed E-state index contributed by atoms with van der Waals surface area (Å²) in [7, 11) is 0. The van der Waals surface area contributed by atoms with Gasteiger partial charge >= 0.3 is 0 Å². The predicted octanol–water partition coefficient (Wildman–Crippen LogP) is 4.38. The molecule has 3 aliphatic heterocycles. The van der Waals surface area contributed by atoms with Gasteiger partial charge in [0.25, 0.3) is 0 Å². The average Bonchev–Trinajstić information content (AvgIpc) is 2.92. The molecule has 5 aromatic carbocycles. The van der Waals surface area contributed by atoms with Gasteiger partial charge in [0.2, 0.25) is 13.4 Å². The molecule has 0 saturated heterocycles. The minimum atomic E-state index is -0.0821. The maximum atomic E-state index is 2.52. The first-order chi connectivity index (χ1) is 18.9. The van der Waals surface area contributed by atoms with Gasteiger partial charge in [-0.3, -0.25) is 0 Å². The van der Waals surface area contributed by atoms with Crippen molar-refractivity contribution in [1.29, 1.82) is 0 Å². The fraction of sp³-hybridized carbons (Fsp3) is 0.167. The van der Waals surface area contributed by atoms with Gasteiger partial charge in [0.1, 0.15) is 0 Å². The van der Waals surface area contributed by atoms with Crippen molar-refractivity contribution in [3.05, 3.63) is 125 Å². The lowest BCUT2D eigenvalue weighted by Crippen LogP contribution is -2.79. The number of para-hydroxylation sites is 1. The largest absolute Gasteiger partial charge is 0.312 e. The van der Waals surface area contributed by atoms with Gasteiger partial charge in [-0.1, -0.05) is 125 Å². The first kappa shape index (κ1) is 23.0. The van der Waals surface area contributed by atoms with Gasteiger partial charge < -0.3 is 4.90 Å². The normalized spacial score (nSPS) is 15.4. The van der Waals surface area contributed by atoms with E-state index in [-0.39, 0.29) is 18.8 Å². The van der Waals surface area contributed by atoms with Crippen LogP contribution in [0.3, 0.4) is 0 Å². The third kappa shape index (κ3) is 2.88. The summed E-state index contributed by atoms with van der Waals surface area (Å²) >= 11 is 0. The molecule has 0 aromatic heterocycles. The Morgan fingerprint density at radius 2 is 1.10 bits per heavy atom. The first-order valence-electron chi connectivity index (χ1n) is 14.2. The van der Waals surface area contributed by atoms with E-state index in [1.54, 1.807) is 5.46 Å². The molecule has 186 valence electrons. The lowest BCUT2D eigenvalue weighted by Gasteiger charge is -2.49. The van der Waals surface area contributed by atoms with Crippen LogP contribution in [0, 0.1) is 20.8 Å². The quantitative estimate of drug-likeness (QED) is 0.320. The minimum absolute atomic E-state index is 0.0821. The summed E-state index contributed by atoms with van der Waals surface area (Å²) in [5.41, 5.74) is 19.8. The second-order valence-corrected chi connectivity index (χ2v) is 12.3. The summed E-state index contributed by atoms with van der Waals surface area (Å²) in [6.07, 6.45) is 0. The van der Waals surface area contributed by atoms with E-state index in [9.17, 15) is 0 Å². The number of aryl methyl sites for hydroxylation is 3. The molecule has 0 radical (unpaired) electrons. The Balaban J connectivity index is 1.55. The lowest BCUT2D eigenvalue weighted by molar-refractivity contribution is 0.646. The van der Waals surface area contributed by atoms with Gasteiger partial charge in [0, 0.05) is 22.5 Å². The Morgan fingerprint density at radius 1 is 0.538 bits per heavy atom. The SMILES string of the molecule is Cc1cc(C)c(B2c3cccc4c3B3c5c2cccc5C(C)(C)c2cccc(c23)N4c2ccccc2)c(C)c1. The van der Waals surface area contributed by atoms with E-state index in [0.29, 0.717) is 0 Å². The van der Waals surface area contributed by atoms with Gasteiger partial charge in [-0.25, -0.2) is 0 Å². The molecular weight excluding hydrogens is 468 g/mol. The predicted molar refractivity (Wildman–Crippen MR) is 170 cm³/mol. The highest BCUT2D eigenvalue weighted by Gasteiger charge is 2.51. The molecule has 39 heavy (non-hydrogen) atoms. The number of hydrogen-bond acceptors (Lipinski definition) is 1. The Bertz CT molecular complexity index is 1810. The molecule has 8 rings (SSSR count). The molecule has 0 atom stereocenters. The summed E-state index contributed by atoms with van der Waals surface area (Å²) in [5, 5.41) is 0. The third-order valence-corrected chi connectivity index (χ3v) is 9.70.